The molecule has 0 radical (unpaired) electrons. The fourth-order valence-electron chi connectivity index (χ4n) is 0.741. The molecule has 0 rings (SSSR count). The Morgan fingerprint density at radius 2 is 2.23 bits per heavy atom. The third-order valence-electron chi connectivity index (χ3n) is 1.61. The van der Waals surface area contributed by atoms with Gasteiger partial charge in [0.2, 0.25) is 0 Å². The molecule has 0 amide bonds. The van der Waals surface area contributed by atoms with Crippen LogP contribution in [0.5, 0.6) is 0 Å². The number of rotatable bonds is 7. The van der Waals surface area contributed by atoms with Crippen molar-refractivity contribution in [2.75, 3.05) is 18.1 Å². The predicted octanol–water partition coefficient (Wildman–Crippen LogP) is 1.41. The first-order valence-electron chi connectivity index (χ1n) is 4.69. The molecule has 2 N–H and O–H groups in total. The molecule has 0 aliphatic carbocycles. The van der Waals surface area contributed by atoms with Crippen molar-refractivity contribution in [2.45, 2.75) is 32.7 Å². The molecule has 0 aromatic carbocycles. The van der Waals surface area contributed by atoms with Gasteiger partial charge in [0.1, 0.15) is 0 Å². The van der Waals surface area contributed by atoms with Gasteiger partial charge in [-0.2, -0.15) is 11.8 Å². The molecule has 0 fully saturated rings. The summed E-state index contributed by atoms with van der Waals surface area (Å²) in [6.45, 7) is 4.35. The molecule has 0 aliphatic rings. The number of ether oxygens (including phenoxy) is 1. The zero-order valence-corrected chi connectivity index (χ0v) is 9.23. The molecule has 0 bridgehead atoms. The van der Waals surface area contributed by atoms with E-state index in [0.717, 1.165) is 17.9 Å². The van der Waals surface area contributed by atoms with Crippen LogP contribution in [0, 0.1) is 0 Å². The first-order valence-corrected chi connectivity index (χ1v) is 5.85. The Labute approximate surface area is 84.4 Å². The molecule has 0 spiro atoms. The number of carbonyl (C=O) groups is 1. The molecule has 3 nitrogen and oxygen atoms in total. The molecule has 4 heteroatoms. The average Bonchev–Trinajstić information content (AvgIpc) is 2.12. The van der Waals surface area contributed by atoms with E-state index in [1.54, 1.807) is 11.8 Å². The Morgan fingerprint density at radius 1 is 1.54 bits per heavy atom. The van der Waals surface area contributed by atoms with Crippen molar-refractivity contribution in [3.05, 3.63) is 0 Å². The normalized spacial score (nSPS) is 12.5. The SMILES string of the molecule is CCOC(=O)CCSCC(N)CC. The molecule has 78 valence electrons. The van der Waals surface area contributed by atoms with Gasteiger partial charge in [0, 0.05) is 17.5 Å². The molecule has 0 aromatic rings. The van der Waals surface area contributed by atoms with Gasteiger partial charge in [0.05, 0.1) is 13.0 Å². The van der Waals surface area contributed by atoms with Crippen LogP contribution in [-0.2, 0) is 9.53 Å². The monoisotopic (exact) mass is 205 g/mol. The number of hydrogen-bond acceptors (Lipinski definition) is 4. The van der Waals surface area contributed by atoms with Gasteiger partial charge in [0.15, 0.2) is 0 Å². The van der Waals surface area contributed by atoms with Crippen LogP contribution in [0.4, 0.5) is 0 Å². The van der Waals surface area contributed by atoms with E-state index in [-0.39, 0.29) is 12.0 Å². The standard InChI is InChI=1S/C9H19NO2S/c1-3-8(10)7-13-6-5-9(11)12-4-2/h8H,3-7,10H2,1-2H3. The highest BCUT2D eigenvalue weighted by atomic mass is 32.2. The minimum Gasteiger partial charge on any atom is -0.466 e. The summed E-state index contributed by atoms with van der Waals surface area (Å²) in [4.78, 5) is 10.9. The molecule has 1 atom stereocenters. The summed E-state index contributed by atoms with van der Waals surface area (Å²) in [7, 11) is 0. The Balaban J connectivity index is 3.20. The lowest BCUT2D eigenvalue weighted by Gasteiger charge is -2.07. The fourth-order valence-corrected chi connectivity index (χ4v) is 1.76. The topological polar surface area (TPSA) is 52.3 Å². The zero-order valence-electron chi connectivity index (χ0n) is 8.41. The van der Waals surface area contributed by atoms with Crippen molar-refractivity contribution in [2.24, 2.45) is 5.73 Å². The third kappa shape index (κ3) is 8.12. The van der Waals surface area contributed by atoms with E-state index >= 15 is 0 Å². The van der Waals surface area contributed by atoms with Gasteiger partial charge < -0.3 is 10.5 Å². The molecule has 0 aromatic heterocycles. The van der Waals surface area contributed by atoms with Crippen LogP contribution in [0.15, 0.2) is 0 Å². The average molecular weight is 205 g/mol. The molecule has 1 unspecified atom stereocenters. The van der Waals surface area contributed by atoms with E-state index in [0.29, 0.717) is 13.0 Å². The van der Waals surface area contributed by atoms with Crippen LogP contribution in [0.25, 0.3) is 0 Å². The summed E-state index contributed by atoms with van der Waals surface area (Å²) in [6.07, 6.45) is 1.49. The van der Waals surface area contributed by atoms with Gasteiger partial charge in [-0.25, -0.2) is 0 Å². The lowest BCUT2D eigenvalue weighted by atomic mass is 10.3. The highest BCUT2D eigenvalue weighted by Gasteiger charge is 2.03. The van der Waals surface area contributed by atoms with Gasteiger partial charge in [-0.1, -0.05) is 6.92 Å². The molecular formula is C9H19NO2S. The van der Waals surface area contributed by atoms with Crippen LogP contribution < -0.4 is 5.73 Å². The lowest BCUT2D eigenvalue weighted by molar-refractivity contribution is -0.142. The molecule has 0 saturated carbocycles. The summed E-state index contributed by atoms with van der Waals surface area (Å²) >= 11 is 1.71. The summed E-state index contributed by atoms with van der Waals surface area (Å²) in [5, 5.41) is 0. The Bertz CT molecular complexity index is 142. The van der Waals surface area contributed by atoms with E-state index in [4.69, 9.17) is 10.5 Å². The number of thioether (sulfide) groups is 1. The van der Waals surface area contributed by atoms with Crippen molar-refractivity contribution in [3.63, 3.8) is 0 Å². The van der Waals surface area contributed by atoms with Crippen molar-refractivity contribution in [1.29, 1.82) is 0 Å². The first kappa shape index (κ1) is 12.8. The van der Waals surface area contributed by atoms with Gasteiger partial charge in [-0.15, -0.1) is 0 Å². The first-order chi connectivity index (χ1) is 6.20. The minimum absolute atomic E-state index is 0.111. The van der Waals surface area contributed by atoms with E-state index in [2.05, 4.69) is 6.92 Å². The van der Waals surface area contributed by atoms with Crippen LogP contribution >= 0.6 is 11.8 Å². The molecule has 0 saturated heterocycles. The summed E-state index contributed by atoms with van der Waals surface area (Å²) in [5.74, 6) is 1.63. The Morgan fingerprint density at radius 3 is 2.77 bits per heavy atom. The van der Waals surface area contributed by atoms with Crippen molar-refractivity contribution < 1.29 is 9.53 Å². The lowest BCUT2D eigenvalue weighted by Crippen LogP contribution is -2.21. The number of hydrogen-bond donors (Lipinski definition) is 1. The van der Waals surface area contributed by atoms with E-state index < -0.39 is 0 Å². The fraction of sp³-hybridized carbons (Fsp3) is 0.889. The molecule has 0 aliphatic heterocycles. The second kappa shape index (κ2) is 8.38. The third-order valence-corrected chi connectivity index (χ3v) is 2.77. The van der Waals surface area contributed by atoms with Crippen molar-refractivity contribution in [3.8, 4) is 0 Å². The zero-order chi connectivity index (χ0) is 10.1. The smallest absolute Gasteiger partial charge is 0.306 e. The second-order valence-electron chi connectivity index (χ2n) is 2.80. The maximum absolute atomic E-state index is 10.9. The van der Waals surface area contributed by atoms with Crippen LogP contribution in [0.3, 0.4) is 0 Å². The second-order valence-corrected chi connectivity index (χ2v) is 3.95. The highest BCUT2D eigenvalue weighted by molar-refractivity contribution is 7.99. The predicted molar refractivity (Wildman–Crippen MR) is 56.8 cm³/mol. The van der Waals surface area contributed by atoms with Gasteiger partial charge in [0.25, 0.3) is 0 Å². The van der Waals surface area contributed by atoms with Gasteiger partial charge in [-0.05, 0) is 13.3 Å². The molecule has 13 heavy (non-hydrogen) atoms. The Kier molecular flexibility index (Phi) is 8.24. The number of esters is 1. The number of carbonyl (C=O) groups excluding carboxylic acids is 1. The molecule has 0 heterocycles. The summed E-state index contributed by atoms with van der Waals surface area (Å²) < 4.78 is 4.79. The van der Waals surface area contributed by atoms with Crippen LogP contribution in [0.2, 0.25) is 0 Å². The van der Waals surface area contributed by atoms with E-state index in [9.17, 15) is 4.79 Å². The van der Waals surface area contributed by atoms with E-state index in [1.807, 2.05) is 6.92 Å². The maximum Gasteiger partial charge on any atom is 0.306 e. The van der Waals surface area contributed by atoms with Crippen LogP contribution in [-0.4, -0.2) is 30.1 Å². The Hall–Kier alpha value is -0.220. The van der Waals surface area contributed by atoms with E-state index in [1.165, 1.54) is 0 Å². The number of nitrogens with two attached hydrogens (primary N) is 1. The van der Waals surface area contributed by atoms with Crippen LogP contribution in [0.1, 0.15) is 26.7 Å². The van der Waals surface area contributed by atoms with Gasteiger partial charge >= 0.3 is 5.97 Å². The summed E-state index contributed by atoms with van der Waals surface area (Å²) in [6, 6.07) is 0.257. The quantitative estimate of drug-likeness (QED) is 0.504. The maximum atomic E-state index is 10.9. The van der Waals surface area contributed by atoms with Crippen molar-refractivity contribution in [1.82, 2.24) is 0 Å². The van der Waals surface area contributed by atoms with Crippen molar-refractivity contribution >= 4 is 17.7 Å². The molecular weight excluding hydrogens is 186 g/mol. The highest BCUT2D eigenvalue weighted by Crippen LogP contribution is 2.06. The largest absolute Gasteiger partial charge is 0.466 e. The van der Waals surface area contributed by atoms with Gasteiger partial charge in [-0.3, -0.25) is 4.79 Å². The summed E-state index contributed by atoms with van der Waals surface area (Å²) in [5.41, 5.74) is 5.71. The minimum atomic E-state index is -0.111.